The van der Waals surface area contributed by atoms with Gasteiger partial charge in [0, 0.05) is 30.4 Å². The third-order valence-electron chi connectivity index (χ3n) is 3.64. The van der Waals surface area contributed by atoms with Crippen LogP contribution in [0, 0.1) is 5.92 Å². The Hall–Kier alpha value is -1.63. The van der Waals surface area contributed by atoms with E-state index in [0.717, 1.165) is 25.1 Å². The van der Waals surface area contributed by atoms with Crippen molar-refractivity contribution in [3.8, 4) is 0 Å². The molecule has 6 nitrogen and oxygen atoms in total. The minimum atomic E-state index is -0.0954. The van der Waals surface area contributed by atoms with Crippen LogP contribution in [-0.2, 0) is 14.3 Å². The molecule has 1 fully saturated rings. The second kappa shape index (κ2) is 10.3. The molecule has 1 heterocycles. The molecule has 3 N–H and O–H groups in total. The molecule has 24 heavy (non-hydrogen) atoms. The van der Waals surface area contributed by atoms with Gasteiger partial charge in [-0.05, 0) is 37.1 Å². The molecular formula is C17H26ClN3O3. The van der Waals surface area contributed by atoms with Crippen molar-refractivity contribution in [3.05, 3.63) is 24.3 Å². The Morgan fingerprint density at radius 3 is 2.33 bits per heavy atom. The summed E-state index contributed by atoms with van der Waals surface area (Å²) in [4.78, 5) is 23.5. The third kappa shape index (κ3) is 6.86. The van der Waals surface area contributed by atoms with E-state index in [0.29, 0.717) is 12.2 Å². The number of halogens is 1. The van der Waals surface area contributed by atoms with Gasteiger partial charge in [0.2, 0.25) is 11.8 Å². The summed E-state index contributed by atoms with van der Waals surface area (Å²) >= 11 is 0. The van der Waals surface area contributed by atoms with Gasteiger partial charge in [-0.2, -0.15) is 0 Å². The molecule has 0 bridgehead atoms. The third-order valence-corrected chi connectivity index (χ3v) is 3.64. The fourth-order valence-corrected chi connectivity index (χ4v) is 2.28. The van der Waals surface area contributed by atoms with Gasteiger partial charge in [0.15, 0.2) is 0 Å². The summed E-state index contributed by atoms with van der Waals surface area (Å²) < 4.78 is 5.49. The number of benzene rings is 1. The summed E-state index contributed by atoms with van der Waals surface area (Å²) in [6.45, 7) is 5.46. The number of rotatable bonds is 7. The maximum Gasteiger partial charge on any atom is 0.238 e. The Bertz CT molecular complexity index is 528. The van der Waals surface area contributed by atoms with E-state index in [1.807, 2.05) is 13.8 Å². The molecule has 1 atom stereocenters. The number of amides is 2. The Labute approximate surface area is 149 Å². The second-order valence-electron chi connectivity index (χ2n) is 6.04. The lowest BCUT2D eigenvalue weighted by atomic mass is 10.2. The fourth-order valence-electron chi connectivity index (χ4n) is 2.28. The predicted molar refractivity (Wildman–Crippen MR) is 97.6 cm³/mol. The number of carbonyl (C=O) groups excluding carboxylic acids is 2. The number of ether oxygens (including phenoxy) is 1. The normalized spacial score (nSPS) is 16.5. The van der Waals surface area contributed by atoms with Crippen LogP contribution in [0.2, 0.25) is 0 Å². The first kappa shape index (κ1) is 20.4. The largest absolute Gasteiger partial charge is 0.377 e. The number of hydrogen-bond donors (Lipinski definition) is 3. The molecule has 1 aliphatic rings. The maximum absolute atomic E-state index is 11.9. The topological polar surface area (TPSA) is 79.5 Å². The van der Waals surface area contributed by atoms with Crippen LogP contribution in [0.15, 0.2) is 24.3 Å². The van der Waals surface area contributed by atoms with E-state index >= 15 is 0 Å². The molecule has 0 saturated carbocycles. The van der Waals surface area contributed by atoms with Gasteiger partial charge < -0.3 is 20.7 Å². The van der Waals surface area contributed by atoms with E-state index in [-0.39, 0.29) is 42.8 Å². The van der Waals surface area contributed by atoms with Crippen molar-refractivity contribution >= 4 is 35.6 Å². The summed E-state index contributed by atoms with van der Waals surface area (Å²) in [5.41, 5.74) is 1.43. The van der Waals surface area contributed by atoms with Crippen molar-refractivity contribution in [1.82, 2.24) is 5.32 Å². The molecule has 0 radical (unpaired) electrons. The van der Waals surface area contributed by atoms with E-state index in [1.165, 1.54) is 0 Å². The van der Waals surface area contributed by atoms with Crippen molar-refractivity contribution in [1.29, 1.82) is 0 Å². The number of nitrogens with one attached hydrogen (secondary N) is 3. The minimum Gasteiger partial charge on any atom is -0.377 e. The van der Waals surface area contributed by atoms with Crippen LogP contribution in [0.1, 0.15) is 26.7 Å². The van der Waals surface area contributed by atoms with Crippen molar-refractivity contribution < 1.29 is 14.3 Å². The lowest BCUT2D eigenvalue weighted by molar-refractivity contribution is -0.119. The van der Waals surface area contributed by atoms with E-state index in [1.54, 1.807) is 24.3 Å². The second-order valence-corrected chi connectivity index (χ2v) is 6.04. The first-order chi connectivity index (χ1) is 11.0. The summed E-state index contributed by atoms with van der Waals surface area (Å²) in [7, 11) is 0. The Morgan fingerprint density at radius 1 is 1.17 bits per heavy atom. The van der Waals surface area contributed by atoms with Crippen LogP contribution in [0.3, 0.4) is 0 Å². The minimum absolute atomic E-state index is 0. The molecule has 1 aromatic carbocycles. The van der Waals surface area contributed by atoms with Crippen molar-refractivity contribution in [2.45, 2.75) is 32.8 Å². The molecule has 0 aliphatic carbocycles. The summed E-state index contributed by atoms with van der Waals surface area (Å²) in [6, 6.07) is 7.09. The molecule has 0 spiro atoms. The molecule has 2 rings (SSSR count). The Kier molecular flexibility index (Phi) is 8.74. The molecule has 134 valence electrons. The molecule has 2 amide bonds. The zero-order valence-electron chi connectivity index (χ0n) is 14.1. The SMILES string of the molecule is CC(C)C(=O)Nc1ccc(NC(=O)CNCC2CCCO2)cc1.Cl. The van der Waals surface area contributed by atoms with Crippen molar-refractivity contribution in [2.24, 2.45) is 5.92 Å². The van der Waals surface area contributed by atoms with Crippen LogP contribution in [0.25, 0.3) is 0 Å². The Balaban J connectivity index is 0.00000288. The summed E-state index contributed by atoms with van der Waals surface area (Å²) in [5.74, 6) is -0.189. The van der Waals surface area contributed by atoms with Crippen LogP contribution >= 0.6 is 12.4 Å². The van der Waals surface area contributed by atoms with Crippen molar-refractivity contribution in [3.63, 3.8) is 0 Å². The van der Waals surface area contributed by atoms with Gasteiger partial charge in [-0.25, -0.2) is 0 Å². The lowest BCUT2D eigenvalue weighted by Crippen LogP contribution is -2.33. The van der Waals surface area contributed by atoms with Crippen molar-refractivity contribution in [2.75, 3.05) is 30.3 Å². The number of anilines is 2. The predicted octanol–water partition coefficient (Wildman–Crippen LogP) is 2.41. The molecule has 1 saturated heterocycles. The molecule has 1 aliphatic heterocycles. The molecule has 1 aromatic rings. The van der Waals surface area contributed by atoms with Crippen LogP contribution in [0.4, 0.5) is 11.4 Å². The van der Waals surface area contributed by atoms with Gasteiger partial charge in [0.25, 0.3) is 0 Å². The van der Waals surface area contributed by atoms with Crippen LogP contribution in [0.5, 0.6) is 0 Å². The van der Waals surface area contributed by atoms with Gasteiger partial charge in [-0.1, -0.05) is 13.8 Å². The monoisotopic (exact) mass is 355 g/mol. The van der Waals surface area contributed by atoms with E-state index in [2.05, 4.69) is 16.0 Å². The van der Waals surface area contributed by atoms with E-state index in [9.17, 15) is 9.59 Å². The summed E-state index contributed by atoms with van der Waals surface area (Å²) in [6.07, 6.45) is 2.38. The smallest absolute Gasteiger partial charge is 0.238 e. The van der Waals surface area contributed by atoms with Crippen LogP contribution in [-0.4, -0.2) is 37.6 Å². The lowest BCUT2D eigenvalue weighted by Gasteiger charge is -2.11. The first-order valence-corrected chi connectivity index (χ1v) is 8.07. The molecule has 0 aromatic heterocycles. The van der Waals surface area contributed by atoms with Crippen LogP contribution < -0.4 is 16.0 Å². The van der Waals surface area contributed by atoms with Gasteiger partial charge in [-0.3, -0.25) is 9.59 Å². The quantitative estimate of drug-likeness (QED) is 0.701. The maximum atomic E-state index is 11.9. The fraction of sp³-hybridized carbons (Fsp3) is 0.529. The number of carbonyl (C=O) groups is 2. The Morgan fingerprint density at radius 2 is 1.79 bits per heavy atom. The first-order valence-electron chi connectivity index (χ1n) is 8.07. The average Bonchev–Trinajstić information content (AvgIpc) is 3.02. The highest BCUT2D eigenvalue weighted by Gasteiger charge is 2.15. The molecule has 1 unspecified atom stereocenters. The average molecular weight is 356 g/mol. The molecular weight excluding hydrogens is 330 g/mol. The van der Waals surface area contributed by atoms with Gasteiger partial charge in [-0.15, -0.1) is 12.4 Å². The van der Waals surface area contributed by atoms with E-state index < -0.39 is 0 Å². The highest BCUT2D eigenvalue weighted by molar-refractivity contribution is 5.94. The summed E-state index contributed by atoms with van der Waals surface area (Å²) in [5, 5.41) is 8.73. The highest BCUT2D eigenvalue weighted by Crippen LogP contribution is 2.14. The zero-order chi connectivity index (χ0) is 16.7. The number of hydrogen-bond acceptors (Lipinski definition) is 4. The standard InChI is InChI=1S/C17H25N3O3.ClH/c1-12(2)17(22)20-14-7-5-13(6-8-14)19-16(21)11-18-10-15-4-3-9-23-15;/h5-8,12,15,18H,3-4,9-11H2,1-2H3,(H,19,21)(H,20,22);1H. The zero-order valence-corrected chi connectivity index (χ0v) is 14.9. The molecule has 7 heteroatoms. The van der Waals surface area contributed by atoms with E-state index in [4.69, 9.17) is 4.74 Å². The van der Waals surface area contributed by atoms with Gasteiger partial charge in [0.05, 0.1) is 12.6 Å². The van der Waals surface area contributed by atoms with Gasteiger partial charge >= 0.3 is 0 Å². The van der Waals surface area contributed by atoms with Gasteiger partial charge in [0.1, 0.15) is 0 Å². The highest BCUT2D eigenvalue weighted by atomic mass is 35.5.